The quantitative estimate of drug-likeness (QED) is 0.307. The van der Waals surface area contributed by atoms with Crippen LogP contribution in [0.5, 0.6) is 0 Å². The molecule has 0 aliphatic carbocycles. The van der Waals surface area contributed by atoms with Crippen LogP contribution in [0.3, 0.4) is 0 Å². The van der Waals surface area contributed by atoms with Gasteiger partial charge in [-0.2, -0.15) is 5.26 Å². The van der Waals surface area contributed by atoms with Crippen LogP contribution in [0, 0.1) is 11.3 Å². The minimum Gasteiger partial charge on any atom is -0.297 e. The largest absolute Gasteiger partial charge is 0.297 e. The van der Waals surface area contributed by atoms with Crippen LogP contribution in [0.1, 0.15) is 19.8 Å². The van der Waals surface area contributed by atoms with E-state index in [1.807, 2.05) is 14.0 Å². The number of rotatable bonds is 6. The van der Waals surface area contributed by atoms with Crippen LogP contribution < -0.4 is 0 Å². The van der Waals surface area contributed by atoms with Gasteiger partial charge in [0, 0.05) is 21.9 Å². The second-order valence-electron chi connectivity index (χ2n) is 3.85. The van der Waals surface area contributed by atoms with E-state index < -0.39 is 0 Å². The highest BCUT2D eigenvalue weighted by Crippen LogP contribution is 2.37. The smallest absolute Gasteiger partial charge is 0.156 e. The third-order valence-electron chi connectivity index (χ3n) is 2.47. The summed E-state index contributed by atoms with van der Waals surface area (Å²) in [6.45, 7) is 6.67. The average Bonchev–Trinajstić information content (AvgIpc) is 3.00. The standard InChI is InChI=1S/C12H16N2OS/c1-4-5-10(6-13)12(11-7-14(11)3)16-9(2)8-15/h8,11H,2,4-5,7H2,1,3H3/b12-10+. The molecule has 0 bridgehead atoms. The van der Waals surface area contributed by atoms with Crippen molar-refractivity contribution < 1.29 is 4.79 Å². The number of likely N-dealkylation sites (N-methyl/N-ethyl adjacent to an activating group) is 1. The molecule has 16 heavy (non-hydrogen) atoms. The maximum absolute atomic E-state index is 10.6. The first kappa shape index (κ1) is 13.0. The normalized spacial score (nSPS) is 24.3. The molecule has 0 saturated carbocycles. The highest BCUT2D eigenvalue weighted by Gasteiger charge is 2.35. The van der Waals surface area contributed by atoms with Gasteiger partial charge in [0.05, 0.1) is 12.1 Å². The van der Waals surface area contributed by atoms with Crippen molar-refractivity contribution >= 4 is 18.0 Å². The fourth-order valence-corrected chi connectivity index (χ4v) is 2.48. The molecule has 1 aliphatic rings. The summed E-state index contributed by atoms with van der Waals surface area (Å²) in [4.78, 5) is 14.2. The van der Waals surface area contributed by atoms with Crippen molar-refractivity contribution in [3.8, 4) is 6.07 Å². The molecular weight excluding hydrogens is 220 g/mol. The first-order chi connectivity index (χ1) is 7.63. The molecule has 2 unspecified atom stereocenters. The Kier molecular flexibility index (Phi) is 4.78. The Morgan fingerprint density at radius 2 is 2.38 bits per heavy atom. The topological polar surface area (TPSA) is 43.9 Å². The van der Waals surface area contributed by atoms with Gasteiger partial charge in [-0.1, -0.05) is 31.7 Å². The number of nitriles is 1. The molecule has 0 aromatic heterocycles. The van der Waals surface area contributed by atoms with Crippen molar-refractivity contribution in [1.29, 1.82) is 5.26 Å². The van der Waals surface area contributed by atoms with E-state index in [1.54, 1.807) is 0 Å². The Labute approximate surface area is 101 Å². The van der Waals surface area contributed by atoms with Crippen molar-refractivity contribution in [3.05, 3.63) is 22.0 Å². The zero-order chi connectivity index (χ0) is 12.1. The summed E-state index contributed by atoms with van der Waals surface area (Å²) in [6.07, 6.45) is 2.46. The lowest BCUT2D eigenvalue weighted by molar-refractivity contribution is -0.104. The number of hydrogen-bond acceptors (Lipinski definition) is 4. The second-order valence-corrected chi connectivity index (χ2v) is 5.01. The summed E-state index contributed by atoms with van der Waals surface area (Å²) in [5.74, 6) is 0. The van der Waals surface area contributed by atoms with Gasteiger partial charge in [-0.05, 0) is 13.5 Å². The third kappa shape index (κ3) is 3.22. The summed E-state index contributed by atoms with van der Waals surface area (Å²) < 4.78 is 0. The Bertz CT molecular complexity index is 368. The van der Waals surface area contributed by atoms with Gasteiger partial charge in [-0.25, -0.2) is 0 Å². The van der Waals surface area contributed by atoms with Crippen LogP contribution in [0.2, 0.25) is 0 Å². The van der Waals surface area contributed by atoms with Gasteiger partial charge < -0.3 is 0 Å². The van der Waals surface area contributed by atoms with Gasteiger partial charge in [0.25, 0.3) is 0 Å². The molecule has 0 aromatic carbocycles. The molecule has 1 saturated heterocycles. The summed E-state index contributed by atoms with van der Waals surface area (Å²) in [7, 11) is 2.01. The summed E-state index contributed by atoms with van der Waals surface area (Å²) in [5, 5.41) is 9.12. The minimum atomic E-state index is 0.308. The Balaban J connectivity index is 2.89. The molecule has 1 heterocycles. The predicted octanol–water partition coefficient (Wildman–Crippen LogP) is 2.32. The maximum atomic E-state index is 10.6. The van der Waals surface area contributed by atoms with Crippen molar-refractivity contribution in [3.63, 3.8) is 0 Å². The van der Waals surface area contributed by atoms with Crippen LogP contribution in [0.4, 0.5) is 0 Å². The maximum Gasteiger partial charge on any atom is 0.156 e. The Morgan fingerprint density at radius 1 is 1.75 bits per heavy atom. The lowest BCUT2D eigenvalue weighted by atomic mass is 10.1. The lowest BCUT2D eigenvalue weighted by Crippen LogP contribution is -2.00. The Hall–Kier alpha value is -1.05. The summed E-state index contributed by atoms with van der Waals surface area (Å²) >= 11 is 1.34. The van der Waals surface area contributed by atoms with Gasteiger partial charge in [-0.3, -0.25) is 9.69 Å². The zero-order valence-corrected chi connectivity index (χ0v) is 10.5. The molecule has 2 atom stereocenters. The van der Waals surface area contributed by atoms with Gasteiger partial charge in [0.15, 0.2) is 6.29 Å². The third-order valence-corrected chi connectivity index (χ3v) is 3.56. The van der Waals surface area contributed by atoms with Crippen LogP contribution in [-0.4, -0.2) is 30.8 Å². The molecule has 1 rings (SSSR count). The van der Waals surface area contributed by atoms with E-state index in [0.717, 1.165) is 36.2 Å². The molecule has 0 amide bonds. The Morgan fingerprint density at radius 3 is 2.75 bits per heavy atom. The van der Waals surface area contributed by atoms with Crippen molar-refractivity contribution in [2.45, 2.75) is 25.8 Å². The van der Waals surface area contributed by atoms with Gasteiger partial charge in [-0.15, -0.1) is 0 Å². The van der Waals surface area contributed by atoms with Gasteiger partial charge >= 0.3 is 0 Å². The van der Waals surface area contributed by atoms with E-state index in [4.69, 9.17) is 5.26 Å². The number of nitrogens with zero attached hydrogens (tertiary/aromatic N) is 2. The number of carbonyl (C=O) groups is 1. The van der Waals surface area contributed by atoms with E-state index in [-0.39, 0.29) is 0 Å². The number of carbonyl (C=O) groups excluding carboxylic acids is 1. The molecular formula is C12H16N2OS. The van der Waals surface area contributed by atoms with E-state index in [9.17, 15) is 4.79 Å². The second kappa shape index (κ2) is 5.88. The van der Waals surface area contributed by atoms with Gasteiger partial charge in [0.2, 0.25) is 0 Å². The van der Waals surface area contributed by atoms with Crippen LogP contribution >= 0.6 is 11.8 Å². The molecule has 0 aromatic rings. The predicted molar refractivity (Wildman–Crippen MR) is 66.8 cm³/mol. The van der Waals surface area contributed by atoms with E-state index in [0.29, 0.717) is 10.9 Å². The number of aldehydes is 1. The van der Waals surface area contributed by atoms with Crippen LogP contribution in [0.15, 0.2) is 22.0 Å². The first-order valence-corrected chi connectivity index (χ1v) is 6.11. The van der Waals surface area contributed by atoms with Crippen molar-refractivity contribution in [2.75, 3.05) is 13.6 Å². The molecule has 4 heteroatoms. The SMILES string of the molecule is C=C(C=O)S/C(=C(/C#N)CCC)C1CN1C. The number of thioether (sulfide) groups is 1. The molecule has 1 aliphatic heterocycles. The van der Waals surface area contributed by atoms with E-state index in [2.05, 4.69) is 17.5 Å². The molecule has 3 nitrogen and oxygen atoms in total. The molecule has 86 valence electrons. The summed E-state index contributed by atoms with van der Waals surface area (Å²) in [5.41, 5.74) is 0.796. The minimum absolute atomic E-state index is 0.308. The number of allylic oxidation sites excluding steroid dienone is 2. The molecule has 1 fully saturated rings. The zero-order valence-electron chi connectivity index (χ0n) is 9.69. The van der Waals surface area contributed by atoms with E-state index >= 15 is 0 Å². The molecule has 0 N–H and O–H groups in total. The van der Waals surface area contributed by atoms with Gasteiger partial charge in [0.1, 0.15) is 0 Å². The average molecular weight is 236 g/mol. The molecule has 0 spiro atoms. The molecule has 0 radical (unpaired) electrons. The highest BCUT2D eigenvalue weighted by atomic mass is 32.2. The monoisotopic (exact) mass is 236 g/mol. The first-order valence-electron chi connectivity index (χ1n) is 5.29. The van der Waals surface area contributed by atoms with Crippen LogP contribution in [-0.2, 0) is 4.79 Å². The fraction of sp³-hybridized carbons (Fsp3) is 0.500. The number of hydrogen-bond donors (Lipinski definition) is 0. The lowest BCUT2D eigenvalue weighted by Gasteiger charge is -2.08. The van der Waals surface area contributed by atoms with Crippen molar-refractivity contribution in [2.24, 2.45) is 0 Å². The fourth-order valence-electron chi connectivity index (χ4n) is 1.49. The van der Waals surface area contributed by atoms with Crippen molar-refractivity contribution in [1.82, 2.24) is 4.90 Å². The highest BCUT2D eigenvalue weighted by molar-refractivity contribution is 8.07. The summed E-state index contributed by atoms with van der Waals surface area (Å²) in [6, 6.07) is 2.56. The van der Waals surface area contributed by atoms with Crippen LogP contribution in [0.25, 0.3) is 0 Å². The van der Waals surface area contributed by atoms with E-state index in [1.165, 1.54) is 11.8 Å².